The summed E-state index contributed by atoms with van der Waals surface area (Å²) in [6.07, 6.45) is -10.1. The van der Waals surface area contributed by atoms with Crippen molar-refractivity contribution in [2.45, 2.75) is 41.7 Å². The maximum atomic E-state index is 10.8. The Morgan fingerprint density at radius 1 is 0.840 bits per heavy atom. The molecule has 0 heterocycles. The minimum Gasteiger partial charge on any atom is -0.394 e. The molecule has 0 radical (unpaired) electrons. The van der Waals surface area contributed by atoms with Gasteiger partial charge >= 0.3 is 0 Å². The van der Waals surface area contributed by atoms with Crippen LogP contribution < -0.4 is 0 Å². The summed E-state index contributed by atoms with van der Waals surface area (Å²) in [5.41, 5.74) is 0. The summed E-state index contributed by atoms with van der Waals surface area (Å²) in [7, 11) is 0. The third-order valence-corrected chi connectivity index (χ3v) is 4.00. The van der Waals surface area contributed by atoms with E-state index in [9.17, 15) is 15.0 Å². The van der Waals surface area contributed by atoms with Gasteiger partial charge in [0.15, 0.2) is 0 Å². The zero-order valence-electron chi connectivity index (χ0n) is 12.6. The van der Waals surface area contributed by atoms with E-state index in [4.69, 9.17) is 70.8 Å². The van der Waals surface area contributed by atoms with E-state index in [1.807, 2.05) is 0 Å². The van der Waals surface area contributed by atoms with Gasteiger partial charge < -0.3 is 46.0 Å². The second-order valence-corrected chi connectivity index (χ2v) is 5.73. The van der Waals surface area contributed by atoms with E-state index in [2.05, 4.69) is 4.29 Å². The van der Waals surface area contributed by atoms with Gasteiger partial charge in [-0.05, 0) is 11.6 Å². The number of rotatable bonds is 10. The number of carbonyl (C=O) groups is 1. The second kappa shape index (κ2) is 13.3. The molecule has 6 unspecified atom stereocenters. The molecule has 0 aromatic rings. The highest BCUT2D eigenvalue weighted by Crippen LogP contribution is 2.29. The lowest BCUT2D eigenvalue weighted by Gasteiger charge is -2.30. The topological polar surface area (TPSA) is 208 Å². The first-order chi connectivity index (χ1) is 11.4. The number of aliphatic hydroxyl groups is 9. The Labute approximate surface area is 157 Å². The van der Waals surface area contributed by atoms with E-state index in [0.29, 0.717) is 0 Å². The minimum atomic E-state index is -2.60. The molecule has 6 atom stereocenters. The number of halogens is 3. The molecular formula is C11H21Cl3O11. The summed E-state index contributed by atoms with van der Waals surface area (Å²) in [6.45, 7) is -2.14. The number of carbonyl (C=O) groups excluding carboxylic acids is 1. The van der Waals surface area contributed by atoms with Crippen LogP contribution in [0.4, 0.5) is 0 Å². The van der Waals surface area contributed by atoms with Crippen molar-refractivity contribution in [1.29, 1.82) is 0 Å². The van der Waals surface area contributed by atoms with E-state index in [-0.39, 0.29) is 0 Å². The first-order valence-electron chi connectivity index (χ1n) is 6.54. The van der Waals surface area contributed by atoms with Gasteiger partial charge in [-0.25, -0.2) is 4.29 Å². The fourth-order valence-corrected chi connectivity index (χ4v) is 1.68. The molecule has 0 fully saturated rings. The van der Waals surface area contributed by atoms with Gasteiger partial charge in [0, 0.05) is 0 Å². The maximum absolute atomic E-state index is 10.8. The van der Waals surface area contributed by atoms with Gasteiger partial charge in [0.25, 0.3) is 10.3 Å². The molecule has 0 spiro atoms. The molecular weight excluding hydrogens is 414 g/mol. The first kappa shape index (κ1) is 27.4. The molecule has 0 saturated carbocycles. The number of aliphatic hydroxyl groups excluding tert-OH is 9. The smallest absolute Gasteiger partial charge is 0.273 e. The molecule has 0 aromatic carbocycles. The molecule has 0 aromatic heterocycles. The Bertz CT molecular complexity index is 367. The van der Waals surface area contributed by atoms with Gasteiger partial charge in [-0.2, -0.15) is 0 Å². The average Bonchev–Trinajstić information content (AvgIpc) is 2.63. The molecule has 0 saturated heterocycles. The summed E-state index contributed by atoms with van der Waals surface area (Å²) in [5.74, 6) is 0. The fraction of sp³-hybridized carbons (Fsp3) is 0.909. The lowest BCUT2D eigenvalue weighted by molar-refractivity contribution is -0.143. The Balaban J connectivity index is 0. The normalized spacial score (nSPS) is 21.0. The van der Waals surface area contributed by atoms with E-state index < -0.39 is 66.7 Å². The molecule has 0 aliphatic rings. The molecule has 9 N–H and O–H groups in total. The highest BCUT2D eigenvalue weighted by Gasteiger charge is 2.49. The van der Waals surface area contributed by atoms with Crippen LogP contribution in [0, 0.1) is 0 Å². The van der Waals surface area contributed by atoms with Gasteiger partial charge in [0.1, 0.15) is 36.6 Å². The maximum Gasteiger partial charge on any atom is 0.273 e. The summed E-state index contributed by atoms with van der Waals surface area (Å²) in [4.78, 5) is 10.8. The second-order valence-electron chi connectivity index (χ2n) is 4.67. The van der Waals surface area contributed by atoms with Crippen LogP contribution in [0.3, 0.4) is 0 Å². The molecule has 0 amide bonds. The lowest BCUT2D eigenvalue weighted by atomic mass is 10.0. The first-order valence-corrected chi connectivity index (χ1v) is 7.60. The molecule has 25 heavy (non-hydrogen) atoms. The highest BCUT2D eigenvalue weighted by molar-refractivity contribution is 6.70. The molecule has 0 aliphatic heterocycles. The monoisotopic (exact) mass is 434 g/mol. The van der Waals surface area contributed by atoms with Crippen LogP contribution in [-0.4, -0.2) is 113 Å². The van der Waals surface area contributed by atoms with Gasteiger partial charge in [-0.3, -0.25) is 4.79 Å². The predicted molar refractivity (Wildman–Crippen MR) is 83.7 cm³/mol. The quantitative estimate of drug-likeness (QED) is 0.119. The Morgan fingerprint density at radius 2 is 1.16 bits per heavy atom. The van der Waals surface area contributed by atoms with Crippen LogP contribution in [0.25, 0.3) is 0 Å². The third kappa shape index (κ3) is 8.58. The predicted octanol–water partition coefficient (Wildman–Crippen LogP) is -4.01. The number of hydrogen-bond donors (Lipinski definition) is 9. The summed E-state index contributed by atoms with van der Waals surface area (Å²) in [6, 6.07) is 0. The van der Waals surface area contributed by atoms with Crippen molar-refractivity contribution in [3.05, 3.63) is 0 Å². The van der Waals surface area contributed by atoms with Crippen LogP contribution in [0.5, 0.6) is 0 Å². The summed E-state index contributed by atoms with van der Waals surface area (Å²) < 4.78 is 3.93. The van der Waals surface area contributed by atoms with E-state index in [1.54, 1.807) is 0 Å². The van der Waals surface area contributed by atoms with Crippen LogP contribution >= 0.6 is 35.1 Å². The third-order valence-electron chi connectivity index (χ3n) is 2.83. The molecule has 14 heteroatoms. The lowest BCUT2D eigenvalue weighted by Crippen LogP contribution is -2.54. The van der Waals surface area contributed by atoms with Crippen LogP contribution in [-0.2, 0) is 9.08 Å². The van der Waals surface area contributed by atoms with E-state index in [0.717, 1.165) is 0 Å². The Kier molecular flexibility index (Phi) is 14.6. The SMILES string of the molecule is O=C(Cl)C(Cl)(OCl)C(O)C(O)C(O)CO.OCC(O)C(O)C(O)CO. The largest absolute Gasteiger partial charge is 0.394 e. The Hall–Kier alpha value is 0.140. The molecule has 11 nitrogen and oxygen atoms in total. The van der Waals surface area contributed by atoms with Crippen molar-refractivity contribution in [2.24, 2.45) is 0 Å². The molecule has 0 rings (SSSR count). The highest BCUT2D eigenvalue weighted by atomic mass is 35.5. The van der Waals surface area contributed by atoms with Gasteiger partial charge in [0.2, 0.25) is 0 Å². The van der Waals surface area contributed by atoms with Gasteiger partial charge in [0.05, 0.1) is 31.7 Å². The van der Waals surface area contributed by atoms with E-state index in [1.165, 1.54) is 0 Å². The van der Waals surface area contributed by atoms with E-state index >= 15 is 0 Å². The minimum absolute atomic E-state index is 0.641. The number of hydrogen-bond acceptors (Lipinski definition) is 11. The molecule has 152 valence electrons. The van der Waals surface area contributed by atoms with Crippen molar-refractivity contribution < 1.29 is 55.0 Å². The summed E-state index contributed by atoms with van der Waals surface area (Å²) in [5, 5.41) is 74.6. The summed E-state index contributed by atoms with van der Waals surface area (Å²) >= 11 is 15.2. The Morgan fingerprint density at radius 3 is 1.40 bits per heavy atom. The van der Waals surface area contributed by atoms with Crippen LogP contribution in [0.1, 0.15) is 0 Å². The van der Waals surface area contributed by atoms with Gasteiger partial charge in [-0.1, -0.05) is 11.6 Å². The van der Waals surface area contributed by atoms with Crippen LogP contribution in [0.15, 0.2) is 0 Å². The molecule has 0 bridgehead atoms. The van der Waals surface area contributed by atoms with Crippen molar-refractivity contribution >= 4 is 40.3 Å². The van der Waals surface area contributed by atoms with Crippen molar-refractivity contribution in [2.75, 3.05) is 19.8 Å². The zero-order valence-corrected chi connectivity index (χ0v) is 14.8. The van der Waals surface area contributed by atoms with Crippen molar-refractivity contribution in [1.82, 2.24) is 0 Å². The van der Waals surface area contributed by atoms with Gasteiger partial charge in [-0.15, -0.1) is 0 Å². The number of alkyl halides is 1. The van der Waals surface area contributed by atoms with Crippen LogP contribution in [0.2, 0.25) is 0 Å². The van der Waals surface area contributed by atoms with Crippen molar-refractivity contribution in [3.8, 4) is 0 Å². The standard InChI is InChI=1S/C6H9Cl3O6.C5H12O5/c7-5(14)6(8,15-9)4(13)3(12)2(11)1-10;6-1-3(8)5(10)4(9)2-7/h2-4,10-13H,1H2;3-10H,1-2H2. The van der Waals surface area contributed by atoms with Crippen molar-refractivity contribution in [3.63, 3.8) is 0 Å². The molecule has 0 aliphatic carbocycles. The average molecular weight is 436 g/mol. The zero-order chi connectivity index (χ0) is 20.4. The fourth-order valence-electron chi connectivity index (χ4n) is 1.20.